The molecular formula is C97H123N19O3SSi. The normalized spacial score (nSPS) is 13.1. The molecule has 15 aromatic rings. The Labute approximate surface area is 719 Å². The standard InChI is InChI=1S/C18H26N2Si.C15H17N3S.C14H20N2O.2C13H14N4O.C13H16N2.C11H16N2/c1-6-14-11-20(12-19-14)17-8-7-15(13(2)3)16-9-10-21(4,5)18(16)17;1-4-11-8-18(9-16-11)14-6-5-12(10(2)3)13-7-17-19-15(13)14;1-10(2)11-5-6-13-12(9-11)7-8-16(13)14(17)15(3)4;1-8(2)10-4-5-12(13-11(10)6-15-18-13)17-7-14-9(3)16-17;1-8(2)10-4-5-11(13-12(10)15-7-18-13)17-6-14-9(3)16-17;1-10(2)12-4-6-13(7-5-12)15-8-11(3)14-9-15;1-8(2)9-4-5-11-10(12-9)6-7-13(11)3/h7-8,11-13H,6,9-10H2,1-5H3;5-10H,4H2,1-3H3;5-6,9-10H,7-8H2,1-4H3;2*4-8H,1-3H3;4-10H,1-3H3;4-5,8H,6-7H2,1-3H3. The summed E-state index contributed by atoms with van der Waals surface area (Å²) in [5.41, 5.74) is 27.1. The molecule has 6 aromatic carbocycles. The van der Waals surface area contributed by atoms with Crippen LogP contribution >= 0.6 is 11.5 Å². The number of nitrogens with zero attached hydrogens (tertiary/aromatic N) is 19. The van der Waals surface area contributed by atoms with Crippen molar-refractivity contribution in [1.82, 2.24) is 82.6 Å². The number of likely N-dealkylation sites (N-methyl/N-ethyl adjacent to an activating group) is 1. The van der Waals surface area contributed by atoms with Crippen molar-refractivity contribution in [2.24, 2.45) is 0 Å². The number of amides is 2. The summed E-state index contributed by atoms with van der Waals surface area (Å²) in [5.74, 6) is 5.10. The van der Waals surface area contributed by atoms with Crippen LogP contribution in [0.3, 0.4) is 0 Å². The van der Waals surface area contributed by atoms with E-state index in [2.05, 4.69) is 303 Å². The van der Waals surface area contributed by atoms with Gasteiger partial charge in [-0.2, -0.15) is 14.6 Å². The van der Waals surface area contributed by atoms with Crippen molar-refractivity contribution in [1.29, 1.82) is 0 Å². The van der Waals surface area contributed by atoms with Crippen molar-refractivity contribution in [3.8, 4) is 28.4 Å². The number of aryl methyl sites for hydroxylation is 5. The maximum atomic E-state index is 12.0. The summed E-state index contributed by atoms with van der Waals surface area (Å²) in [6.45, 7) is 47.8. The lowest BCUT2D eigenvalue weighted by atomic mass is 9.95. The summed E-state index contributed by atoms with van der Waals surface area (Å²) in [5, 5.41) is 16.5. The highest BCUT2D eigenvalue weighted by atomic mass is 32.1. The van der Waals surface area contributed by atoms with E-state index in [9.17, 15) is 4.79 Å². The van der Waals surface area contributed by atoms with Gasteiger partial charge in [-0.3, -0.25) is 9.88 Å². The van der Waals surface area contributed by atoms with Gasteiger partial charge in [-0.1, -0.05) is 178 Å². The van der Waals surface area contributed by atoms with Crippen molar-refractivity contribution in [3.05, 3.63) is 257 Å². The quantitative estimate of drug-likeness (QED) is 0.0924. The highest BCUT2D eigenvalue weighted by molar-refractivity contribution is 7.13. The predicted molar refractivity (Wildman–Crippen MR) is 497 cm³/mol. The van der Waals surface area contributed by atoms with E-state index in [0.29, 0.717) is 41.4 Å². The summed E-state index contributed by atoms with van der Waals surface area (Å²) in [7, 11) is 4.40. The number of fused-ring (bicyclic) bond motifs is 6. The van der Waals surface area contributed by atoms with Crippen LogP contribution in [-0.4, -0.2) is 131 Å². The first-order valence-electron chi connectivity index (χ1n) is 42.9. The molecule has 0 fully saturated rings. The minimum absolute atomic E-state index is 0.0704. The summed E-state index contributed by atoms with van der Waals surface area (Å²) in [6, 6.07) is 38.1. The Balaban J connectivity index is 0.000000130. The Morgan fingerprint density at radius 2 is 1.07 bits per heavy atom. The molecule has 0 saturated heterocycles. The third kappa shape index (κ3) is 20.4. The lowest BCUT2D eigenvalue weighted by Gasteiger charge is -2.23. The van der Waals surface area contributed by atoms with Crippen LogP contribution in [0.5, 0.6) is 0 Å². The van der Waals surface area contributed by atoms with E-state index in [0.717, 1.165) is 101 Å². The van der Waals surface area contributed by atoms with Gasteiger partial charge in [0, 0.05) is 99.0 Å². The highest BCUT2D eigenvalue weighted by Gasteiger charge is 2.37. The first kappa shape index (κ1) is 88.8. The molecule has 12 heterocycles. The van der Waals surface area contributed by atoms with Crippen LogP contribution in [0, 0.1) is 20.8 Å². The van der Waals surface area contributed by atoms with Gasteiger partial charge in [0.25, 0.3) is 0 Å². The number of hydrogen-bond acceptors (Lipinski definition) is 16. The minimum Gasteiger partial charge on any atom is -0.441 e. The number of imidazole rings is 3. The van der Waals surface area contributed by atoms with E-state index < -0.39 is 8.07 Å². The molecule has 22 nitrogen and oxygen atoms in total. The maximum absolute atomic E-state index is 12.0. The lowest BCUT2D eigenvalue weighted by Crippen LogP contribution is -2.40. The molecule has 0 bridgehead atoms. The van der Waals surface area contributed by atoms with Crippen LogP contribution in [-0.2, 0) is 32.1 Å². The SMILES string of the molecule is CC(C)c1ccc2c(c1)CCN2C(=O)N(C)C.CC(C)c1ccc2c(n1)CCN2C.CCc1cn(-c2ccc(C(C)C)c3c2[Si](C)(C)CC3)cn1.CCc1cn(-c2ccc(C(C)C)c3cnsc23)cn1.Cc1cn(-c2ccc(C(C)C)cc2)cn1.Cc1ncn(-c2ccc(C(C)C)c3cnoc23)n1.Cc1ncn(-c2ccc(C(C)C)c3ncoc23)n1. The van der Waals surface area contributed by atoms with Gasteiger partial charge in [-0.05, 0) is 210 Å². The van der Waals surface area contributed by atoms with Gasteiger partial charge in [0.2, 0.25) is 0 Å². The van der Waals surface area contributed by atoms with Gasteiger partial charge in [-0.15, -0.1) is 0 Å². The second-order valence-corrected chi connectivity index (χ2v) is 40.3. The molecule has 0 aliphatic carbocycles. The fraction of sp³-hybridized carbons (Fsp3) is 0.402. The molecule has 634 valence electrons. The number of rotatable bonds is 14. The number of carbonyl (C=O) groups is 1. The highest BCUT2D eigenvalue weighted by Crippen LogP contribution is 2.38. The smallest absolute Gasteiger partial charge is 0.323 e. The van der Waals surface area contributed by atoms with Crippen LogP contribution in [0.25, 0.3) is 60.6 Å². The van der Waals surface area contributed by atoms with E-state index in [1.807, 2.05) is 73.7 Å². The van der Waals surface area contributed by atoms with E-state index >= 15 is 0 Å². The van der Waals surface area contributed by atoms with E-state index in [1.165, 1.54) is 102 Å². The number of oxazole rings is 1. The Hall–Kier alpha value is -11.5. The van der Waals surface area contributed by atoms with Crippen LogP contribution in [0.15, 0.2) is 181 Å². The van der Waals surface area contributed by atoms with E-state index in [1.54, 1.807) is 75.1 Å². The molecule has 0 spiro atoms. The van der Waals surface area contributed by atoms with Gasteiger partial charge in [-0.25, -0.2) is 44.1 Å². The van der Waals surface area contributed by atoms with Crippen molar-refractivity contribution >= 4 is 74.4 Å². The topological polar surface area (TPSA) is 220 Å². The molecule has 3 aliphatic rings. The Morgan fingerprint density at radius 3 is 1.64 bits per heavy atom. The second-order valence-electron chi connectivity index (χ2n) is 34.8. The summed E-state index contributed by atoms with van der Waals surface area (Å²) in [6.07, 6.45) is 26.0. The zero-order valence-electron chi connectivity index (χ0n) is 75.5. The van der Waals surface area contributed by atoms with Crippen LogP contribution in [0.2, 0.25) is 19.1 Å². The molecule has 0 radical (unpaired) electrons. The average molecular weight is 1660 g/mol. The number of anilines is 2. The molecule has 0 unspecified atom stereocenters. The molecule has 2 amide bonds. The van der Waals surface area contributed by atoms with Gasteiger partial charge < -0.3 is 32.4 Å². The summed E-state index contributed by atoms with van der Waals surface area (Å²) < 4.78 is 26.3. The molecule has 24 heteroatoms. The Kier molecular flexibility index (Phi) is 28.5. The number of hydrogen-bond donors (Lipinski definition) is 0. The van der Waals surface area contributed by atoms with Gasteiger partial charge in [0.05, 0.1) is 72.1 Å². The monoisotopic (exact) mass is 1660 g/mol. The van der Waals surface area contributed by atoms with Gasteiger partial charge in [0.15, 0.2) is 17.6 Å². The number of urea groups is 1. The molecule has 0 saturated carbocycles. The Morgan fingerprint density at radius 1 is 0.521 bits per heavy atom. The molecule has 9 aromatic heterocycles. The molecule has 18 rings (SSSR count). The van der Waals surface area contributed by atoms with Gasteiger partial charge >= 0.3 is 6.03 Å². The maximum Gasteiger partial charge on any atom is 0.323 e. The molecular weight excluding hydrogens is 1540 g/mol. The van der Waals surface area contributed by atoms with Crippen molar-refractivity contribution in [2.75, 3.05) is 44.0 Å². The molecule has 121 heavy (non-hydrogen) atoms. The fourth-order valence-corrected chi connectivity index (χ4v) is 19.7. The minimum atomic E-state index is -1.31. The van der Waals surface area contributed by atoms with E-state index in [4.69, 9.17) is 8.94 Å². The third-order valence-corrected chi connectivity index (χ3v) is 27.1. The predicted octanol–water partition coefficient (Wildman–Crippen LogP) is 22.2. The van der Waals surface area contributed by atoms with Crippen LogP contribution in [0.1, 0.15) is 237 Å². The number of pyridine rings is 1. The number of carbonyl (C=O) groups excluding carboxylic acids is 1. The largest absolute Gasteiger partial charge is 0.441 e. The first-order valence-corrected chi connectivity index (χ1v) is 46.8. The fourth-order valence-electron chi connectivity index (χ4n) is 15.8. The van der Waals surface area contributed by atoms with Gasteiger partial charge in [0.1, 0.15) is 41.2 Å². The van der Waals surface area contributed by atoms with Crippen molar-refractivity contribution < 1.29 is 13.7 Å². The van der Waals surface area contributed by atoms with Crippen molar-refractivity contribution in [3.63, 3.8) is 0 Å². The van der Waals surface area contributed by atoms with Crippen LogP contribution in [0.4, 0.5) is 16.2 Å². The summed E-state index contributed by atoms with van der Waals surface area (Å²) in [4.78, 5) is 48.1. The third-order valence-electron chi connectivity index (χ3n) is 22.8. The molecule has 0 atom stereocenters. The Bertz CT molecular complexity index is 5860. The van der Waals surface area contributed by atoms with E-state index in [-0.39, 0.29) is 6.03 Å². The number of benzene rings is 6. The zero-order chi connectivity index (χ0) is 86.8. The lowest BCUT2D eigenvalue weighted by molar-refractivity contribution is 0.224. The average Bonchev–Trinajstić information content (AvgIpc) is 1.60. The molecule has 0 N–H and O–H groups in total. The molecule has 3 aliphatic heterocycles. The zero-order valence-corrected chi connectivity index (χ0v) is 77.3. The first-order chi connectivity index (χ1) is 57.8. The van der Waals surface area contributed by atoms with Crippen molar-refractivity contribution in [2.45, 2.75) is 224 Å². The second kappa shape index (κ2) is 38.9. The number of aromatic nitrogens is 16. The van der Waals surface area contributed by atoms with Crippen LogP contribution < -0.4 is 15.0 Å². The summed E-state index contributed by atoms with van der Waals surface area (Å²) >= 11 is 1.56.